The Bertz CT molecular complexity index is 1170. The van der Waals surface area contributed by atoms with E-state index in [0.717, 1.165) is 51.4 Å². The van der Waals surface area contributed by atoms with Gasteiger partial charge in [-0.25, -0.2) is 13.1 Å². The van der Waals surface area contributed by atoms with Crippen molar-refractivity contribution in [3.8, 4) is 5.75 Å². The van der Waals surface area contributed by atoms with Crippen LogP contribution in [0.3, 0.4) is 0 Å². The second-order valence-corrected chi connectivity index (χ2v) is 13.4. The number of carbonyl (C=O) groups is 2. The number of carbonyl (C=O) groups excluding carboxylic acids is 2. The minimum atomic E-state index is -3.62. The Morgan fingerprint density at radius 2 is 1.82 bits per heavy atom. The van der Waals surface area contributed by atoms with Gasteiger partial charge in [-0.3, -0.25) is 15.0 Å². The predicted octanol–water partition coefficient (Wildman–Crippen LogP) is 2.73. The highest BCUT2D eigenvalue weighted by atomic mass is 32.2. The molecular formula is C28H43N5O5S. The summed E-state index contributed by atoms with van der Waals surface area (Å²) >= 11 is 0. The Morgan fingerprint density at radius 1 is 1.13 bits per heavy atom. The van der Waals surface area contributed by atoms with Crippen LogP contribution < -0.4 is 15.8 Å². The molecular weight excluding hydrogens is 518 g/mol. The number of phenolic OH excluding ortho intramolecular Hbond substituents is 1. The van der Waals surface area contributed by atoms with Crippen LogP contribution in [0, 0.1) is 17.2 Å². The van der Waals surface area contributed by atoms with Crippen LogP contribution in [0.1, 0.15) is 88.7 Å². The number of hydrogen-bond donors (Lipinski definition) is 5. The lowest BCUT2D eigenvalue weighted by Gasteiger charge is -2.37. The molecule has 4 atom stereocenters. The second-order valence-electron chi connectivity index (χ2n) is 11.4. The molecule has 3 fully saturated rings. The zero-order valence-corrected chi connectivity index (χ0v) is 23.6. The first-order valence-corrected chi connectivity index (χ1v) is 16.0. The van der Waals surface area contributed by atoms with Gasteiger partial charge in [0.2, 0.25) is 21.8 Å². The van der Waals surface area contributed by atoms with Gasteiger partial charge in [0.05, 0.1) is 11.3 Å². The fourth-order valence-corrected chi connectivity index (χ4v) is 7.47. The van der Waals surface area contributed by atoms with E-state index in [2.05, 4.69) is 10.0 Å². The maximum Gasteiger partial charge on any atom is 0.243 e. The molecule has 3 aliphatic rings. The summed E-state index contributed by atoms with van der Waals surface area (Å²) in [7, 11) is -3.62. The van der Waals surface area contributed by atoms with Gasteiger partial charge in [0.25, 0.3) is 0 Å². The molecule has 11 heteroatoms. The number of nitrogen functional groups attached to an aromatic ring is 1. The van der Waals surface area contributed by atoms with Crippen molar-refractivity contribution in [2.75, 3.05) is 5.75 Å². The van der Waals surface area contributed by atoms with Crippen molar-refractivity contribution in [3.05, 3.63) is 29.3 Å². The number of amides is 2. The highest BCUT2D eigenvalue weighted by Crippen LogP contribution is 2.41. The first-order chi connectivity index (χ1) is 18.6. The minimum absolute atomic E-state index is 0.0686. The van der Waals surface area contributed by atoms with Crippen molar-refractivity contribution >= 4 is 27.7 Å². The number of hydrogen-bond acceptors (Lipinski definition) is 6. The predicted molar refractivity (Wildman–Crippen MR) is 150 cm³/mol. The highest BCUT2D eigenvalue weighted by Gasteiger charge is 2.49. The number of nitrogens with two attached hydrogens (primary N) is 1. The van der Waals surface area contributed by atoms with E-state index in [1.54, 1.807) is 17.9 Å². The van der Waals surface area contributed by atoms with Gasteiger partial charge in [0, 0.05) is 12.6 Å². The Hall–Kier alpha value is -2.66. The van der Waals surface area contributed by atoms with Crippen molar-refractivity contribution < 1.29 is 23.1 Å². The van der Waals surface area contributed by atoms with Crippen molar-refractivity contribution in [3.63, 3.8) is 0 Å². The smallest absolute Gasteiger partial charge is 0.243 e. The van der Waals surface area contributed by atoms with Crippen LogP contribution in [0.15, 0.2) is 18.2 Å². The first kappa shape index (κ1) is 29.3. The van der Waals surface area contributed by atoms with Gasteiger partial charge >= 0.3 is 0 Å². The molecule has 2 aliphatic carbocycles. The summed E-state index contributed by atoms with van der Waals surface area (Å²) < 4.78 is 27.9. The fourth-order valence-electron chi connectivity index (χ4n) is 6.67. The summed E-state index contributed by atoms with van der Waals surface area (Å²) in [5.74, 6) is -0.533. The molecule has 39 heavy (non-hydrogen) atoms. The quantitative estimate of drug-likeness (QED) is 0.218. The average Bonchev–Trinajstić information content (AvgIpc) is 3.31. The maximum atomic E-state index is 14.2. The lowest BCUT2D eigenvalue weighted by molar-refractivity contribution is -0.142. The molecule has 1 aromatic rings. The van der Waals surface area contributed by atoms with Crippen LogP contribution in [0.5, 0.6) is 5.75 Å². The van der Waals surface area contributed by atoms with Gasteiger partial charge in [-0.05, 0) is 62.1 Å². The van der Waals surface area contributed by atoms with Gasteiger partial charge < -0.3 is 21.1 Å². The van der Waals surface area contributed by atoms with E-state index in [1.165, 1.54) is 18.6 Å². The molecule has 2 amide bonds. The molecule has 1 saturated heterocycles. The molecule has 0 spiro atoms. The van der Waals surface area contributed by atoms with E-state index in [1.807, 2.05) is 0 Å². The SMILES string of the molecule is CCS(=O)(=O)N[C@H](CC1CCCCC1)C(=O)N1[C@H](C(=O)NCc2ccc(C(=N)N)c(O)c2)C[C@@H]2CCCC[C@@H]21. The van der Waals surface area contributed by atoms with Crippen LogP contribution >= 0.6 is 0 Å². The molecule has 0 aromatic heterocycles. The highest BCUT2D eigenvalue weighted by molar-refractivity contribution is 7.89. The van der Waals surface area contributed by atoms with E-state index in [9.17, 15) is 23.1 Å². The molecule has 0 unspecified atom stereocenters. The van der Waals surface area contributed by atoms with Crippen molar-refractivity contribution in [1.82, 2.24) is 14.9 Å². The Kier molecular flexibility index (Phi) is 9.53. The van der Waals surface area contributed by atoms with E-state index in [0.29, 0.717) is 18.4 Å². The fraction of sp³-hybridized carbons (Fsp3) is 0.679. The van der Waals surface area contributed by atoms with Gasteiger partial charge in [-0.15, -0.1) is 0 Å². The lowest BCUT2D eigenvalue weighted by atomic mass is 9.83. The number of nitrogens with one attached hydrogen (secondary N) is 3. The lowest BCUT2D eigenvalue weighted by Crippen LogP contribution is -2.56. The maximum absolute atomic E-state index is 14.2. The standard InChI is InChI=1S/C28H43N5O5S/c1-2-39(37,38)32-22(14-18-8-4-3-5-9-18)28(36)33-23-11-7-6-10-20(23)16-24(33)27(35)31-17-19-12-13-21(26(29)30)25(34)15-19/h12-13,15,18,20,22-24,32,34H,2-11,14,16-17H2,1H3,(H3,29,30)(H,31,35)/t20-,22+,23-,24-/m0/s1. The summed E-state index contributed by atoms with van der Waals surface area (Å²) in [4.78, 5) is 29.4. The number of fused-ring (bicyclic) bond motifs is 1. The van der Waals surface area contributed by atoms with Gasteiger partial charge in [0.1, 0.15) is 23.7 Å². The third-order valence-electron chi connectivity index (χ3n) is 8.76. The summed E-state index contributed by atoms with van der Waals surface area (Å²) in [6, 6.07) is 3.08. The van der Waals surface area contributed by atoms with Crippen molar-refractivity contribution in [1.29, 1.82) is 5.41 Å². The Balaban J connectivity index is 1.54. The average molecular weight is 562 g/mol. The molecule has 0 bridgehead atoms. The van der Waals surface area contributed by atoms with Crippen molar-refractivity contribution in [2.45, 2.75) is 102 Å². The van der Waals surface area contributed by atoms with E-state index in [-0.39, 0.29) is 59.1 Å². The third-order valence-corrected chi connectivity index (χ3v) is 10.2. The number of rotatable bonds is 10. The van der Waals surface area contributed by atoms with E-state index < -0.39 is 22.1 Å². The van der Waals surface area contributed by atoms with E-state index in [4.69, 9.17) is 11.1 Å². The van der Waals surface area contributed by atoms with E-state index >= 15 is 0 Å². The molecule has 2 saturated carbocycles. The van der Waals surface area contributed by atoms with Gasteiger partial charge in [-0.1, -0.05) is 51.0 Å². The molecule has 10 nitrogen and oxygen atoms in total. The number of likely N-dealkylation sites (tertiary alicyclic amines) is 1. The van der Waals surface area contributed by atoms with Crippen LogP contribution in [-0.4, -0.2) is 60.0 Å². The molecule has 1 aromatic carbocycles. The summed E-state index contributed by atoms with van der Waals surface area (Å²) in [5.41, 5.74) is 6.34. The summed E-state index contributed by atoms with van der Waals surface area (Å²) in [6.45, 7) is 1.71. The zero-order valence-electron chi connectivity index (χ0n) is 22.8. The minimum Gasteiger partial charge on any atom is -0.507 e. The van der Waals surface area contributed by atoms with Gasteiger partial charge in [-0.2, -0.15) is 0 Å². The normalized spacial score (nSPS) is 24.6. The zero-order chi connectivity index (χ0) is 28.2. The Morgan fingerprint density at radius 3 is 2.49 bits per heavy atom. The number of benzene rings is 1. The molecule has 1 aliphatic heterocycles. The number of phenols is 1. The summed E-state index contributed by atoms with van der Waals surface area (Å²) in [5, 5.41) is 20.6. The summed E-state index contributed by atoms with van der Waals surface area (Å²) in [6.07, 6.45) is 10.2. The monoisotopic (exact) mass is 561 g/mol. The van der Waals surface area contributed by atoms with Crippen LogP contribution in [-0.2, 0) is 26.2 Å². The third kappa shape index (κ3) is 7.11. The van der Waals surface area contributed by atoms with Gasteiger partial charge in [0.15, 0.2) is 0 Å². The molecule has 216 valence electrons. The number of sulfonamides is 1. The Labute approximate surface area is 231 Å². The number of amidine groups is 1. The molecule has 6 N–H and O–H groups in total. The van der Waals surface area contributed by atoms with Crippen LogP contribution in [0.25, 0.3) is 0 Å². The molecule has 0 radical (unpaired) electrons. The molecule has 1 heterocycles. The largest absolute Gasteiger partial charge is 0.507 e. The first-order valence-electron chi connectivity index (χ1n) is 14.4. The van der Waals surface area contributed by atoms with Crippen LogP contribution in [0.2, 0.25) is 0 Å². The molecule has 4 rings (SSSR count). The number of aromatic hydroxyl groups is 1. The topological polar surface area (TPSA) is 166 Å². The second kappa shape index (κ2) is 12.7. The van der Waals surface area contributed by atoms with Crippen molar-refractivity contribution in [2.24, 2.45) is 17.6 Å². The number of nitrogens with zero attached hydrogens (tertiary/aromatic N) is 1. The van der Waals surface area contributed by atoms with Crippen LogP contribution in [0.4, 0.5) is 0 Å².